The molecule has 0 aliphatic carbocycles. The van der Waals surface area contributed by atoms with Gasteiger partial charge >= 0.3 is 0 Å². The van der Waals surface area contributed by atoms with Crippen LogP contribution in [0.15, 0.2) is 47.4 Å². The van der Waals surface area contributed by atoms with Crippen LogP contribution >= 0.6 is 12.2 Å². The highest BCUT2D eigenvalue weighted by Gasteiger charge is 2.20. The molecule has 4 nitrogen and oxygen atoms in total. The van der Waals surface area contributed by atoms with Crippen LogP contribution in [0.4, 0.5) is 10.1 Å². The van der Waals surface area contributed by atoms with Crippen LogP contribution in [-0.2, 0) is 10.0 Å². The summed E-state index contributed by atoms with van der Waals surface area (Å²) < 4.78 is 40.7. The Morgan fingerprint density at radius 2 is 1.90 bits per heavy atom. The zero-order valence-corrected chi connectivity index (χ0v) is 12.8. The van der Waals surface area contributed by atoms with Crippen LogP contribution in [0.1, 0.15) is 11.1 Å². The molecule has 0 bridgehead atoms. The molecule has 2 rings (SSSR count). The van der Waals surface area contributed by atoms with Gasteiger partial charge in [0.15, 0.2) is 0 Å². The number of thiocarbonyl (C=S) groups is 1. The Balaban J connectivity index is 2.49. The van der Waals surface area contributed by atoms with Crippen molar-refractivity contribution in [1.29, 1.82) is 0 Å². The first-order valence-corrected chi connectivity index (χ1v) is 7.88. The van der Waals surface area contributed by atoms with Gasteiger partial charge < -0.3 is 5.73 Å². The first-order chi connectivity index (χ1) is 9.81. The van der Waals surface area contributed by atoms with Gasteiger partial charge in [-0.05, 0) is 30.7 Å². The Labute approximate surface area is 127 Å². The fourth-order valence-electron chi connectivity index (χ4n) is 1.82. The smallest absolute Gasteiger partial charge is 0.262 e. The highest BCUT2D eigenvalue weighted by molar-refractivity contribution is 7.93. The lowest BCUT2D eigenvalue weighted by atomic mass is 10.2. The maximum absolute atomic E-state index is 13.7. The first-order valence-electron chi connectivity index (χ1n) is 5.99. The molecular formula is C14H13FN2O2S2. The summed E-state index contributed by atoms with van der Waals surface area (Å²) in [6.45, 7) is 1.74. The Bertz CT molecular complexity index is 804. The Kier molecular flexibility index (Phi) is 4.24. The van der Waals surface area contributed by atoms with Gasteiger partial charge in [0.1, 0.15) is 10.8 Å². The molecule has 110 valence electrons. The highest BCUT2D eigenvalue weighted by atomic mass is 32.2. The predicted molar refractivity (Wildman–Crippen MR) is 84.3 cm³/mol. The average Bonchev–Trinajstić information content (AvgIpc) is 2.42. The van der Waals surface area contributed by atoms with Crippen molar-refractivity contribution in [2.24, 2.45) is 5.73 Å². The van der Waals surface area contributed by atoms with Gasteiger partial charge in [-0.2, -0.15) is 0 Å². The summed E-state index contributed by atoms with van der Waals surface area (Å²) in [6, 6.07) is 10.2. The fourth-order valence-corrected chi connectivity index (χ4v) is 3.35. The molecule has 3 N–H and O–H groups in total. The number of sulfonamides is 1. The third kappa shape index (κ3) is 3.37. The topological polar surface area (TPSA) is 72.2 Å². The quantitative estimate of drug-likeness (QED) is 0.848. The number of benzene rings is 2. The second-order valence-electron chi connectivity index (χ2n) is 4.45. The van der Waals surface area contributed by atoms with E-state index in [1.54, 1.807) is 25.1 Å². The van der Waals surface area contributed by atoms with Crippen molar-refractivity contribution in [3.05, 3.63) is 59.4 Å². The standard InChI is InChI=1S/C14H13FN2O2S2/c1-9-6-7-11(15)12(8-9)17-21(18,19)13-5-3-2-4-10(13)14(16)20/h2-8,17H,1H3,(H2,16,20). The van der Waals surface area contributed by atoms with Crippen molar-refractivity contribution >= 4 is 32.9 Å². The molecule has 0 aromatic heterocycles. The first kappa shape index (κ1) is 15.4. The molecule has 0 radical (unpaired) electrons. The summed E-state index contributed by atoms with van der Waals surface area (Å²) in [7, 11) is -3.99. The minimum absolute atomic E-state index is 0.0410. The van der Waals surface area contributed by atoms with E-state index in [2.05, 4.69) is 4.72 Å². The van der Waals surface area contributed by atoms with Crippen LogP contribution in [0.25, 0.3) is 0 Å². The molecule has 7 heteroatoms. The lowest BCUT2D eigenvalue weighted by Gasteiger charge is -2.12. The van der Waals surface area contributed by atoms with E-state index in [9.17, 15) is 12.8 Å². The van der Waals surface area contributed by atoms with E-state index in [1.807, 2.05) is 0 Å². The summed E-state index contributed by atoms with van der Waals surface area (Å²) in [5.41, 5.74) is 6.35. The molecule has 0 saturated carbocycles. The molecule has 21 heavy (non-hydrogen) atoms. The monoisotopic (exact) mass is 324 g/mol. The predicted octanol–water partition coefficient (Wildman–Crippen LogP) is 2.57. The largest absolute Gasteiger partial charge is 0.389 e. The van der Waals surface area contributed by atoms with Crippen LogP contribution in [0.5, 0.6) is 0 Å². The van der Waals surface area contributed by atoms with Gasteiger partial charge in [0, 0.05) is 5.56 Å². The molecular weight excluding hydrogens is 311 g/mol. The fraction of sp³-hybridized carbons (Fsp3) is 0.0714. The maximum Gasteiger partial charge on any atom is 0.262 e. The van der Waals surface area contributed by atoms with Gasteiger partial charge in [-0.15, -0.1) is 0 Å². The Hall–Kier alpha value is -1.99. The summed E-state index contributed by atoms with van der Waals surface area (Å²) in [6.07, 6.45) is 0. The minimum Gasteiger partial charge on any atom is -0.389 e. The van der Waals surface area contributed by atoms with E-state index in [4.69, 9.17) is 18.0 Å². The SMILES string of the molecule is Cc1ccc(F)c(NS(=O)(=O)c2ccccc2C(N)=S)c1. The van der Waals surface area contributed by atoms with Gasteiger partial charge in [-0.25, -0.2) is 12.8 Å². The van der Waals surface area contributed by atoms with E-state index in [1.165, 1.54) is 24.3 Å². The zero-order valence-electron chi connectivity index (χ0n) is 11.1. The minimum atomic E-state index is -3.99. The van der Waals surface area contributed by atoms with Crippen LogP contribution < -0.4 is 10.5 Å². The Morgan fingerprint density at radius 1 is 1.24 bits per heavy atom. The highest BCUT2D eigenvalue weighted by Crippen LogP contribution is 2.22. The molecule has 0 unspecified atom stereocenters. The lowest BCUT2D eigenvalue weighted by Crippen LogP contribution is -2.20. The number of hydrogen-bond acceptors (Lipinski definition) is 3. The van der Waals surface area contributed by atoms with E-state index in [-0.39, 0.29) is 21.1 Å². The molecule has 2 aromatic carbocycles. The second-order valence-corrected chi connectivity index (χ2v) is 6.54. The third-order valence-corrected chi connectivity index (χ3v) is 4.45. The number of hydrogen-bond donors (Lipinski definition) is 2. The summed E-state index contributed by atoms with van der Waals surface area (Å²) in [4.78, 5) is -0.126. The number of anilines is 1. The van der Waals surface area contributed by atoms with Crippen molar-refractivity contribution < 1.29 is 12.8 Å². The number of rotatable bonds is 4. The van der Waals surface area contributed by atoms with Crippen LogP contribution in [0, 0.1) is 12.7 Å². The Morgan fingerprint density at radius 3 is 2.57 bits per heavy atom. The summed E-state index contributed by atoms with van der Waals surface area (Å²) in [5, 5.41) is 0. The molecule has 0 spiro atoms. The normalized spacial score (nSPS) is 11.1. The lowest BCUT2D eigenvalue weighted by molar-refractivity contribution is 0.598. The second kappa shape index (κ2) is 5.79. The molecule has 2 aromatic rings. The van der Waals surface area contributed by atoms with Crippen molar-refractivity contribution in [2.75, 3.05) is 4.72 Å². The van der Waals surface area contributed by atoms with E-state index in [0.29, 0.717) is 0 Å². The van der Waals surface area contributed by atoms with Crippen molar-refractivity contribution in [3.8, 4) is 0 Å². The molecule has 0 amide bonds. The van der Waals surface area contributed by atoms with Gasteiger partial charge in [0.05, 0.1) is 10.6 Å². The number of halogens is 1. The molecule has 0 saturated heterocycles. The van der Waals surface area contributed by atoms with E-state index in [0.717, 1.165) is 5.56 Å². The van der Waals surface area contributed by atoms with Crippen LogP contribution in [0.3, 0.4) is 0 Å². The van der Waals surface area contributed by atoms with Crippen molar-refractivity contribution in [2.45, 2.75) is 11.8 Å². The van der Waals surface area contributed by atoms with Gasteiger partial charge in [0.2, 0.25) is 0 Å². The van der Waals surface area contributed by atoms with Gasteiger partial charge in [-0.3, -0.25) is 4.72 Å². The molecule has 0 heterocycles. The van der Waals surface area contributed by atoms with Crippen molar-refractivity contribution in [1.82, 2.24) is 0 Å². The van der Waals surface area contributed by atoms with E-state index >= 15 is 0 Å². The third-order valence-electron chi connectivity index (χ3n) is 2.81. The summed E-state index contributed by atoms with van der Waals surface area (Å²) >= 11 is 4.84. The molecule has 0 fully saturated rings. The van der Waals surface area contributed by atoms with Crippen molar-refractivity contribution in [3.63, 3.8) is 0 Å². The number of nitrogens with two attached hydrogens (primary N) is 1. The van der Waals surface area contributed by atoms with E-state index < -0.39 is 15.8 Å². The zero-order chi connectivity index (χ0) is 15.6. The summed E-state index contributed by atoms with van der Waals surface area (Å²) in [5.74, 6) is -0.656. The molecule has 0 aliphatic heterocycles. The van der Waals surface area contributed by atoms with Crippen LogP contribution in [-0.4, -0.2) is 13.4 Å². The van der Waals surface area contributed by atoms with Gasteiger partial charge in [-0.1, -0.05) is 36.5 Å². The molecule has 0 aliphatic rings. The maximum atomic E-state index is 13.7. The molecule has 0 atom stereocenters. The number of aryl methyl sites for hydroxylation is 1. The van der Waals surface area contributed by atoms with Crippen LogP contribution in [0.2, 0.25) is 0 Å². The van der Waals surface area contributed by atoms with Gasteiger partial charge in [0.25, 0.3) is 10.0 Å². The number of nitrogens with one attached hydrogen (secondary N) is 1. The average molecular weight is 324 g/mol.